The van der Waals surface area contributed by atoms with E-state index in [2.05, 4.69) is 15.9 Å². The molecule has 0 aliphatic heterocycles. The van der Waals surface area contributed by atoms with E-state index in [1.165, 1.54) is 12.1 Å². The number of aliphatic hydroxyl groups excluding tert-OH is 1. The molecular weight excluding hydrogens is 224 g/mol. The summed E-state index contributed by atoms with van der Waals surface area (Å²) >= 11 is 3.19. The van der Waals surface area contributed by atoms with Crippen LogP contribution in [0.3, 0.4) is 0 Å². The summed E-state index contributed by atoms with van der Waals surface area (Å²) in [5.41, 5.74) is 0.761. The number of aliphatic hydroxyl groups is 1. The first-order valence-electron chi connectivity index (χ1n) is 3.27. The second-order valence-corrected chi connectivity index (χ2v) is 3.12. The van der Waals surface area contributed by atoms with Crippen LogP contribution in [0.25, 0.3) is 0 Å². The van der Waals surface area contributed by atoms with Gasteiger partial charge in [-0.25, -0.2) is 4.79 Å². The molecule has 0 saturated carbocycles. The number of hydrogen-bond donors (Lipinski definition) is 2. The Morgan fingerprint density at radius 3 is 2.67 bits per heavy atom. The van der Waals surface area contributed by atoms with E-state index in [9.17, 15) is 4.79 Å². The summed E-state index contributed by atoms with van der Waals surface area (Å²) in [4.78, 5) is 10.5. The molecule has 0 aliphatic rings. The molecule has 0 aromatic heterocycles. The second kappa shape index (κ2) is 3.69. The Morgan fingerprint density at radius 2 is 2.17 bits per heavy atom. The maximum Gasteiger partial charge on any atom is 0.335 e. The van der Waals surface area contributed by atoms with Crippen molar-refractivity contribution in [2.75, 3.05) is 0 Å². The van der Waals surface area contributed by atoms with Gasteiger partial charge in [0, 0.05) is 4.47 Å². The highest BCUT2D eigenvalue weighted by atomic mass is 79.9. The molecule has 1 aromatic carbocycles. The minimum Gasteiger partial charge on any atom is -0.478 e. The summed E-state index contributed by atoms with van der Waals surface area (Å²) in [6.07, 6.45) is 0. The number of halogens is 1. The van der Waals surface area contributed by atoms with E-state index in [1.54, 1.807) is 6.07 Å². The average molecular weight is 231 g/mol. The lowest BCUT2D eigenvalue weighted by Crippen LogP contribution is -1.97. The number of carboxylic acids is 1. The zero-order chi connectivity index (χ0) is 9.14. The van der Waals surface area contributed by atoms with Crippen LogP contribution in [0.2, 0.25) is 0 Å². The Balaban J connectivity index is 3.13. The largest absolute Gasteiger partial charge is 0.478 e. The van der Waals surface area contributed by atoms with Crippen molar-refractivity contribution in [2.24, 2.45) is 0 Å². The third-order valence-electron chi connectivity index (χ3n) is 1.46. The van der Waals surface area contributed by atoms with Gasteiger partial charge in [-0.3, -0.25) is 0 Å². The third-order valence-corrected chi connectivity index (χ3v) is 2.24. The number of benzene rings is 1. The van der Waals surface area contributed by atoms with Crippen LogP contribution in [0, 0.1) is 0 Å². The molecule has 1 rings (SSSR count). The number of carbonyl (C=O) groups is 1. The highest BCUT2D eigenvalue weighted by Gasteiger charge is 2.05. The number of rotatable bonds is 2. The van der Waals surface area contributed by atoms with Gasteiger partial charge in [-0.05, 0) is 23.8 Å². The molecule has 0 radical (unpaired) electrons. The molecule has 2 N–H and O–H groups in total. The first kappa shape index (κ1) is 9.22. The van der Waals surface area contributed by atoms with Gasteiger partial charge >= 0.3 is 5.97 Å². The Morgan fingerprint density at radius 1 is 1.50 bits per heavy atom. The summed E-state index contributed by atoms with van der Waals surface area (Å²) in [7, 11) is 0. The van der Waals surface area contributed by atoms with Gasteiger partial charge in [-0.15, -0.1) is 0 Å². The Hall–Kier alpha value is -0.870. The smallest absolute Gasteiger partial charge is 0.335 e. The molecular formula is C8H7BrO3. The molecule has 0 atom stereocenters. The summed E-state index contributed by atoms with van der Waals surface area (Å²) in [6.45, 7) is -0.165. The van der Waals surface area contributed by atoms with E-state index in [1.807, 2.05) is 0 Å². The summed E-state index contributed by atoms with van der Waals surface area (Å²) in [6, 6.07) is 4.52. The molecule has 0 unspecified atom stereocenters. The second-order valence-electron chi connectivity index (χ2n) is 2.27. The first-order valence-corrected chi connectivity index (χ1v) is 4.07. The molecule has 12 heavy (non-hydrogen) atoms. The van der Waals surface area contributed by atoms with Crippen molar-refractivity contribution < 1.29 is 15.0 Å². The molecule has 1 aromatic rings. The van der Waals surface area contributed by atoms with E-state index < -0.39 is 5.97 Å². The van der Waals surface area contributed by atoms with Crippen molar-refractivity contribution in [3.8, 4) is 0 Å². The van der Waals surface area contributed by atoms with Gasteiger partial charge < -0.3 is 10.2 Å². The Labute approximate surface area is 77.8 Å². The van der Waals surface area contributed by atoms with E-state index in [0.717, 1.165) is 4.47 Å². The average Bonchev–Trinajstić information content (AvgIpc) is 2.05. The molecule has 0 aliphatic carbocycles. The van der Waals surface area contributed by atoms with Gasteiger partial charge in [0.1, 0.15) is 0 Å². The third kappa shape index (κ3) is 1.84. The lowest BCUT2D eigenvalue weighted by molar-refractivity contribution is 0.0696. The standard InChI is InChI=1S/C8H7BrO3/c9-7-2-1-5(8(11)12)3-6(7)4-10/h1-3,10H,4H2,(H,11,12). The minimum absolute atomic E-state index is 0.165. The number of aromatic carboxylic acids is 1. The van der Waals surface area contributed by atoms with Crippen LogP contribution in [0.15, 0.2) is 22.7 Å². The van der Waals surface area contributed by atoms with Crippen molar-refractivity contribution in [1.82, 2.24) is 0 Å². The van der Waals surface area contributed by atoms with Crippen LogP contribution in [0.4, 0.5) is 0 Å². The maximum absolute atomic E-state index is 10.5. The molecule has 0 heterocycles. The summed E-state index contributed by atoms with van der Waals surface area (Å²) in [5, 5.41) is 17.4. The van der Waals surface area contributed by atoms with Crippen LogP contribution < -0.4 is 0 Å². The molecule has 0 amide bonds. The van der Waals surface area contributed by atoms with Crippen LogP contribution in [-0.4, -0.2) is 16.2 Å². The quantitative estimate of drug-likeness (QED) is 0.813. The van der Waals surface area contributed by atoms with Crippen LogP contribution >= 0.6 is 15.9 Å². The molecule has 0 bridgehead atoms. The van der Waals surface area contributed by atoms with Gasteiger partial charge in [0.25, 0.3) is 0 Å². The van der Waals surface area contributed by atoms with Gasteiger partial charge in [0.05, 0.1) is 12.2 Å². The van der Waals surface area contributed by atoms with Crippen molar-refractivity contribution in [3.05, 3.63) is 33.8 Å². The molecule has 0 fully saturated rings. The summed E-state index contributed by atoms with van der Waals surface area (Å²) in [5.74, 6) is -0.989. The highest BCUT2D eigenvalue weighted by Crippen LogP contribution is 2.18. The van der Waals surface area contributed by atoms with Gasteiger partial charge in [-0.1, -0.05) is 15.9 Å². The van der Waals surface area contributed by atoms with Gasteiger partial charge in [-0.2, -0.15) is 0 Å². The predicted molar refractivity (Wildman–Crippen MR) is 47.0 cm³/mol. The highest BCUT2D eigenvalue weighted by molar-refractivity contribution is 9.10. The zero-order valence-corrected chi connectivity index (χ0v) is 7.71. The molecule has 3 nitrogen and oxygen atoms in total. The molecule has 4 heteroatoms. The first-order chi connectivity index (χ1) is 5.65. The molecule has 0 saturated heterocycles. The van der Waals surface area contributed by atoms with E-state index in [4.69, 9.17) is 10.2 Å². The van der Waals surface area contributed by atoms with Crippen LogP contribution in [0.1, 0.15) is 15.9 Å². The van der Waals surface area contributed by atoms with Gasteiger partial charge in [0.15, 0.2) is 0 Å². The van der Waals surface area contributed by atoms with Crippen molar-refractivity contribution >= 4 is 21.9 Å². The summed E-state index contributed by atoms with van der Waals surface area (Å²) < 4.78 is 0.718. The normalized spacial score (nSPS) is 9.83. The lowest BCUT2D eigenvalue weighted by Gasteiger charge is -2.01. The van der Waals surface area contributed by atoms with Crippen molar-refractivity contribution in [1.29, 1.82) is 0 Å². The van der Waals surface area contributed by atoms with Crippen molar-refractivity contribution in [3.63, 3.8) is 0 Å². The molecule has 0 spiro atoms. The molecule has 64 valence electrons. The number of hydrogen-bond acceptors (Lipinski definition) is 2. The van der Waals surface area contributed by atoms with Crippen molar-refractivity contribution in [2.45, 2.75) is 6.61 Å². The minimum atomic E-state index is -0.989. The fourth-order valence-corrected chi connectivity index (χ4v) is 1.20. The van der Waals surface area contributed by atoms with E-state index >= 15 is 0 Å². The Kier molecular flexibility index (Phi) is 2.83. The van der Waals surface area contributed by atoms with Crippen LogP contribution in [0.5, 0.6) is 0 Å². The fourth-order valence-electron chi connectivity index (χ4n) is 0.829. The maximum atomic E-state index is 10.5. The zero-order valence-electron chi connectivity index (χ0n) is 6.12. The number of carboxylic acid groups (broad SMARTS) is 1. The Bertz CT molecular complexity index is 309. The van der Waals surface area contributed by atoms with E-state index in [-0.39, 0.29) is 12.2 Å². The van der Waals surface area contributed by atoms with Crippen LogP contribution in [-0.2, 0) is 6.61 Å². The van der Waals surface area contributed by atoms with Gasteiger partial charge in [0.2, 0.25) is 0 Å². The van der Waals surface area contributed by atoms with E-state index in [0.29, 0.717) is 5.56 Å². The SMILES string of the molecule is O=C(O)c1ccc(Br)c(CO)c1. The lowest BCUT2D eigenvalue weighted by atomic mass is 10.1. The predicted octanol–water partition coefficient (Wildman–Crippen LogP) is 1.64. The topological polar surface area (TPSA) is 57.5 Å². The fraction of sp³-hybridized carbons (Fsp3) is 0.125. The monoisotopic (exact) mass is 230 g/mol.